The predicted octanol–water partition coefficient (Wildman–Crippen LogP) is 4.03. The number of urea groups is 1. The fourth-order valence-electron chi connectivity index (χ4n) is 4.19. The van der Waals surface area contributed by atoms with Gasteiger partial charge in [0.05, 0.1) is 36.5 Å². The van der Waals surface area contributed by atoms with E-state index in [2.05, 4.69) is 21.2 Å². The first kappa shape index (κ1) is 30.9. The number of nitrogens with one attached hydrogen (secondary N) is 3. The van der Waals surface area contributed by atoms with Crippen LogP contribution in [0.2, 0.25) is 5.02 Å². The zero-order valence-electron chi connectivity index (χ0n) is 23.3. The number of nitro groups is 1. The van der Waals surface area contributed by atoms with Crippen molar-refractivity contribution in [1.82, 2.24) is 16.1 Å². The summed E-state index contributed by atoms with van der Waals surface area (Å²) in [5.74, 6) is 0.732. The van der Waals surface area contributed by atoms with Gasteiger partial charge in [0.15, 0.2) is 17.7 Å². The summed E-state index contributed by atoms with van der Waals surface area (Å²) >= 11 is 5.87. The lowest BCUT2D eigenvalue weighted by Gasteiger charge is -2.28. The normalized spacial score (nSPS) is 15.5. The molecular formula is C28H28ClN5O9. The van der Waals surface area contributed by atoms with Crippen molar-refractivity contribution in [2.24, 2.45) is 5.10 Å². The van der Waals surface area contributed by atoms with Gasteiger partial charge in [-0.3, -0.25) is 15.5 Å². The van der Waals surface area contributed by atoms with Gasteiger partial charge in [0.25, 0.3) is 5.69 Å². The van der Waals surface area contributed by atoms with E-state index in [9.17, 15) is 24.8 Å². The molecular weight excluding hydrogens is 586 g/mol. The second-order valence-corrected chi connectivity index (χ2v) is 9.45. The van der Waals surface area contributed by atoms with Gasteiger partial charge in [0.1, 0.15) is 23.2 Å². The van der Waals surface area contributed by atoms with E-state index in [1.165, 1.54) is 25.5 Å². The lowest BCUT2D eigenvalue weighted by molar-refractivity contribution is -0.384. The molecule has 1 aliphatic rings. The molecule has 1 aromatic heterocycles. The van der Waals surface area contributed by atoms with E-state index in [1.807, 2.05) is 0 Å². The Balaban J connectivity index is 1.39. The first-order chi connectivity index (χ1) is 20.6. The largest absolute Gasteiger partial charge is 0.490 e. The highest BCUT2D eigenvalue weighted by atomic mass is 35.5. The fourth-order valence-corrected chi connectivity index (χ4v) is 4.38. The minimum atomic E-state index is -1.22. The van der Waals surface area contributed by atoms with E-state index < -0.39 is 29.2 Å². The second kappa shape index (κ2) is 13.7. The number of ether oxygens (including phenoxy) is 3. The summed E-state index contributed by atoms with van der Waals surface area (Å²) in [4.78, 5) is 35.1. The standard InChI is InChI=1S/C28H28ClN5O9/c1-4-41-23-12-17(26-25(27(36)40-3)15(2)31-28(37)32-26)6-9-22(23)42-14-24(35)33-30-13-18-7-10-21(43-18)16-5-8-19(29)20(11-16)34(38)39/h5-13,24,26,33,35H,4,14H2,1-3H3,(H2,31,32,37)/b30-13+/t24-,26+/m0/s1. The van der Waals surface area contributed by atoms with Gasteiger partial charge in [-0.15, -0.1) is 0 Å². The fraction of sp³-hybridized carbons (Fsp3) is 0.250. The summed E-state index contributed by atoms with van der Waals surface area (Å²) in [5.41, 5.74) is 3.90. The molecule has 15 heteroatoms. The van der Waals surface area contributed by atoms with E-state index in [1.54, 1.807) is 50.2 Å². The number of nitrogens with zero attached hydrogens (tertiary/aromatic N) is 2. The van der Waals surface area contributed by atoms with Crippen molar-refractivity contribution in [3.05, 3.63) is 86.3 Å². The molecule has 0 bridgehead atoms. The topological polar surface area (TPSA) is 187 Å². The number of aliphatic hydroxyl groups is 1. The third-order valence-electron chi connectivity index (χ3n) is 6.14. The van der Waals surface area contributed by atoms with Crippen molar-refractivity contribution in [3.63, 3.8) is 0 Å². The average Bonchev–Trinajstić information content (AvgIpc) is 3.45. The van der Waals surface area contributed by atoms with E-state index in [-0.39, 0.29) is 22.9 Å². The molecule has 226 valence electrons. The van der Waals surface area contributed by atoms with Crippen molar-refractivity contribution in [2.75, 3.05) is 20.3 Å². The van der Waals surface area contributed by atoms with Crippen LogP contribution >= 0.6 is 11.6 Å². The second-order valence-electron chi connectivity index (χ2n) is 9.04. The molecule has 0 fully saturated rings. The maximum Gasteiger partial charge on any atom is 0.337 e. The number of methoxy groups -OCH3 is 1. The van der Waals surface area contributed by atoms with Crippen LogP contribution in [-0.4, -0.2) is 54.8 Å². The first-order valence-electron chi connectivity index (χ1n) is 12.9. The molecule has 0 aliphatic carbocycles. The number of carbonyl (C=O) groups excluding carboxylic acids is 2. The molecule has 43 heavy (non-hydrogen) atoms. The number of amides is 2. The number of allylic oxidation sites excluding steroid dienone is 1. The molecule has 0 saturated heterocycles. The SMILES string of the molecule is CCOc1cc([C@H]2NC(=O)NC(C)=C2C(=O)OC)ccc1OC[C@H](O)N/N=C/c1ccc(-c2ccc(Cl)c([N+](=O)[O-])c2)o1. The number of carbonyl (C=O) groups is 2. The number of hydrazone groups is 1. The molecule has 2 aromatic carbocycles. The highest BCUT2D eigenvalue weighted by molar-refractivity contribution is 6.32. The number of nitro benzene ring substituents is 1. The smallest absolute Gasteiger partial charge is 0.337 e. The predicted molar refractivity (Wildman–Crippen MR) is 155 cm³/mol. The number of furan rings is 1. The van der Waals surface area contributed by atoms with Gasteiger partial charge in [-0.2, -0.15) is 5.10 Å². The highest BCUT2D eigenvalue weighted by Crippen LogP contribution is 2.35. The number of benzene rings is 2. The quantitative estimate of drug-likeness (QED) is 0.0763. The first-order valence-corrected chi connectivity index (χ1v) is 13.3. The number of esters is 1. The van der Waals surface area contributed by atoms with Crippen LogP contribution in [0.15, 0.2) is 69.3 Å². The molecule has 3 aromatic rings. The third-order valence-corrected chi connectivity index (χ3v) is 6.46. The van der Waals surface area contributed by atoms with E-state index in [0.717, 1.165) is 0 Å². The number of aliphatic hydroxyl groups excluding tert-OH is 1. The minimum Gasteiger partial charge on any atom is -0.490 e. The van der Waals surface area contributed by atoms with Crippen LogP contribution in [-0.2, 0) is 9.53 Å². The van der Waals surface area contributed by atoms with Crippen LogP contribution in [0.5, 0.6) is 11.5 Å². The van der Waals surface area contributed by atoms with Gasteiger partial charge in [-0.05, 0) is 55.8 Å². The van der Waals surface area contributed by atoms with Gasteiger partial charge in [-0.25, -0.2) is 9.59 Å². The molecule has 4 N–H and O–H groups in total. The Morgan fingerprint density at radius 2 is 2.02 bits per heavy atom. The molecule has 0 unspecified atom stereocenters. The number of hydrogen-bond acceptors (Lipinski definition) is 11. The molecule has 14 nitrogen and oxygen atoms in total. The Hall–Kier alpha value is -5.08. The van der Waals surface area contributed by atoms with Crippen molar-refractivity contribution < 1.29 is 38.2 Å². The summed E-state index contributed by atoms with van der Waals surface area (Å²) < 4.78 is 22.0. The average molecular weight is 614 g/mol. The molecule has 2 heterocycles. The van der Waals surface area contributed by atoms with E-state index in [0.29, 0.717) is 46.5 Å². The maximum absolute atomic E-state index is 12.4. The molecule has 2 amide bonds. The van der Waals surface area contributed by atoms with Gasteiger partial charge in [0.2, 0.25) is 0 Å². The maximum atomic E-state index is 12.4. The Labute approximate surface area is 250 Å². The molecule has 2 atom stereocenters. The number of rotatable bonds is 12. The van der Waals surface area contributed by atoms with Crippen LogP contribution in [0.25, 0.3) is 11.3 Å². The van der Waals surface area contributed by atoms with Crippen molar-refractivity contribution in [2.45, 2.75) is 26.1 Å². The zero-order chi connectivity index (χ0) is 31.1. The monoisotopic (exact) mass is 613 g/mol. The van der Waals surface area contributed by atoms with Crippen LogP contribution < -0.4 is 25.5 Å². The highest BCUT2D eigenvalue weighted by Gasteiger charge is 2.32. The van der Waals surface area contributed by atoms with Crippen LogP contribution in [0.1, 0.15) is 31.2 Å². The lowest BCUT2D eigenvalue weighted by atomic mass is 9.95. The minimum absolute atomic E-state index is 0.0158. The Morgan fingerprint density at radius 3 is 2.74 bits per heavy atom. The van der Waals surface area contributed by atoms with Crippen LogP contribution in [0.3, 0.4) is 0 Å². The molecule has 1 aliphatic heterocycles. The molecule has 0 radical (unpaired) electrons. The number of hydrogen-bond donors (Lipinski definition) is 4. The van der Waals surface area contributed by atoms with Crippen molar-refractivity contribution in [3.8, 4) is 22.8 Å². The van der Waals surface area contributed by atoms with Crippen molar-refractivity contribution in [1.29, 1.82) is 0 Å². The van der Waals surface area contributed by atoms with Crippen LogP contribution in [0, 0.1) is 10.1 Å². The van der Waals surface area contributed by atoms with Gasteiger partial charge in [0, 0.05) is 17.3 Å². The summed E-state index contributed by atoms with van der Waals surface area (Å²) in [6, 6.07) is 11.2. The van der Waals surface area contributed by atoms with E-state index in [4.69, 9.17) is 30.2 Å². The zero-order valence-corrected chi connectivity index (χ0v) is 24.0. The summed E-state index contributed by atoms with van der Waals surface area (Å²) in [6.45, 7) is 3.47. The Morgan fingerprint density at radius 1 is 1.23 bits per heavy atom. The summed E-state index contributed by atoms with van der Waals surface area (Å²) in [5, 5.41) is 30.7. The summed E-state index contributed by atoms with van der Waals surface area (Å²) in [7, 11) is 1.25. The molecule has 0 spiro atoms. The van der Waals surface area contributed by atoms with Crippen molar-refractivity contribution >= 4 is 35.5 Å². The molecule has 4 rings (SSSR count). The van der Waals surface area contributed by atoms with E-state index >= 15 is 0 Å². The summed E-state index contributed by atoms with van der Waals surface area (Å²) in [6.07, 6.45) is 0.0955. The van der Waals surface area contributed by atoms with Gasteiger partial charge in [-0.1, -0.05) is 17.7 Å². The number of halogens is 1. The van der Waals surface area contributed by atoms with Crippen LogP contribution in [0.4, 0.5) is 10.5 Å². The lowest BCUT2D eigenvalue weighted by Crippen LogP contribution is -2.45. The molecule has 0 saturated carbocycles. The third kappa shape index (κ3) is 7.42. The van der Waals surface area contributed by atoms with Gasteiger partial charge < -0.3 is 34.4 Å². The Kier molecular flexibility index (Phi) is 9.85. The Bertz CT molecular complexity index is 1590. The van der Waals surface area contributed by atoms with Gasteiger partial charge >= 0.3 is 12.0 Å².